The first kappa shape index (κ1) is 18.5. The highest BCUT2D eigenvalue weighted by molar-refractivity contribution is 4.96. The molecule has 1 rings (SSSR count). The summed E-state index contributed by atoms with van der Waals surface area (Å²) in [6, 6.07) is 0. The average Bonchev–Trinajstić information content (AvgIpc) is 2.51. The minimum atomic E-state index is -1.25. The molecular weight excluding hydrogens is 288 g/mol. The van der Waals surface area contributed by atoms with E-state index in [2.05, 4.69) is 17.8 Å². The Morgan fingerprint density at radius 3 is 1.91 bits per heavy atom. The Kier molecular flexibility index (Phi) is 8.58. The highest BCUT2D eigenvalue weighted by atomic mass is 16.7. The molecule has 6 nitrogen and oxygen atoms in total. The van der Waals surface area contributed by atoms with Crippen LogP contribution in [0.4, 0.5) is 0 Å². The Morgan fingerprint density at radius 2 is 1.41 bits per heavy atom. The van der Waals surface area contributed by atoms with Gasteiger partial charge in [-0.1, -0.05) is 17.8 Å². The van der Waals surface area contributed by atoms with Gasteiger partial charge < -0.3 is 28.8 Å². The fourth-order valence-corrected chi connectivity index (χ4v) is 2.20. The summed E-state index contributed by atoms with van der Waals surface area (Å²) in [5.74, 6) is 7.06. The van der Waals surface area contributed by atoms with E-state index in [1.165, 1.54) is 7.11 Å². The molecule has 0 aliphatic carbocycles. The number of hydrogen-bond acceptors (Lipinski definition) is 6. The Bertz CT molecular complexity index is 443. The van der Waals surface area contributed by atoms with E-state index >= 15 is 0 Å². The van der Waals surface area contributed by atoms with Crippen LogP contribution in [0.3, 0.4) is 0 Å². The van der Waals surface area contributed by atoms with Crippen LogP contribution in [-0.4, -0.2) is 69.3 Å². The van der Waals surface area contributed by atoms with E-state index in [1.54, 1.807) is 0 Å². The van der Waals surface area contributed by atoms with Crippen molar-refractivity contribution in [1.29, 1.82) is 0 Å². The molecule has 0 bridgehead atoms. The third-order valence-corrected chi connectivity index (χ3v) is 3.02. The van der Waals surface area contributed by atoms with Crippen LogP contribution >= 0.6 is 0 Å². The standard InChI is InChI=1S/C16H20O6/c1-5-8-19-13-12(11-18-4)22-16(17)15(21-10-7-3)14(13)20-9-6-2/h1-3,12-17H,8-11H2,4H3/t12-,13-,14+,15+,16+/m1/s1. The molecule has 22 heavy (non-hydrogen) atoms. The number of terminal acetylenes is 3. The molecule has 5 atom stereocenters. The van der Waals surface area contributed by atoms with Crippen LogP contribution in [-0.2, 0) is 23.7 Å². The maximum atomic E-state index is 10.1. The van der Waals surface area contributed by atoms with Gasteiger partial charge in [0.25, 0.3) is 0 Å². The molecule has 6 heteroatoms. The largest absolute Gasteiger partial charge is 0.382 e. The van der Waals surface area contributed by atoms with E-state index < -0.39 is 30.7 Å². The van der Waals surface area contributed by atoms with Crippen molar-refractivity contribution >= 4 is 0 Å². The molecule has 0 aromatic carbocycles. The molecule has 1 aliphatic heterocycles. The maximum absolute atomic E-state index is 10.1. The number of methoxy groups -OCH3 is 1. The van der Waals surface area contributed by atoms with Crippen molar-refractivity contribution < 1.29 is 28.8 Å². The minimum absolute atomic E-state index is 0.0161. The van der Waals surface area contributed by atoms with E-state index in [-0.39, 0.29) is 26.4 Å². The highest BCUT2D eigenvalue weighted by Gasteiger charge is 2.47. The maximum Gasteiger partial charge on any atom is 0.184 e. The molecule has 0 aromatic rings. The molecule has 0 saturated carbocycles. The molecular formula is C16H20O6. The van der Waals surface area contributed by atoms with Gasteiger partial charge >= 0.3 is 0 Å². The van der Waals surface area contributed by atoms with E-state index in [9.17, 15) is 5.11 Å². The second kappa shape index (κ2) is 10.2. The molecule has 0 radical (unpaired) electrons. The summed E-state index contributed by atoms with van der Waals surface area (Å²) in [6.45, 7) is 0.229. The molecule has 1 N–H and O–H groups in total. The number of ether oxygens (including phenoxy) is 5. The zero-order valence-electron chi connectivity index (χ0n) is 12.4. The highest BCUT2D eigenvalue weighted by Crippen LogP contribution is 2.27. The predicted molar refractivity (Wildman–Crippen MR) is 78.5 cm³/mol. The second-order valence-electron chi connectivity index (χ2n) is 4.46. The summed E-state index contributed by atoms with van der Waals surface area (Å²) in [7, 11) is 1.51. The van der Waals surface area contributed by atoms with Crippen LogP contribution in [0.1, 0.15) is 0 Å². The minimum Gasteiger partial charge on any atom is -0.382 e. The van der Waals surface area contributed by atoms with Crippen molar-refractivity contribution in [3.8, 4) is 37.0 Å². The summed E-state index contributed by atoms with van der Waals surface area (Å²) in [5, 5.41) is 10.1. The van der Waals surface area contributed by atoms with Crippen LogP contribution < -0.4 is 0 Å². The molecule has 0 unspecified atom stereocenters. The third-order valence-electron chi connectivity index (χ3n) is 3.02. The van der Waals surface area contributed by atoms with Crippen LogP contribution in [0, 0.1) is 37.0 Å². The van der Waals surface area contributed by atoms with Crippen LogP contribution in [0.2, 0.25) is 0 Å². The third kappa shape index (κ3) is 5.02. The van der Waals surface area contributed by atoms with E-state index in [1.807, 2.05) is 0 Å². The summed E-state index contributed by atoms with van der Waals surface area (Å²) < 4.78 is 27.1. The van der Waals surface area contributed by atoms with E-state index in [4.69, 9.17) is 43.0 Å². The Hall–Kier alpha value is -1.56. The Balaban J connectivity index is 2.95. The summed E-state index contributed by atoms with van der Waals surface area (Å²) in [6.07, 6.45) is 11.6. The van der Waals surface area contributed by atoms with Gasteiger partial charge in [-0.25, -0.2) is 0 Å². The van der Waals surface area contributed by atoms with Gasteiger partial charge in [0.2, 0.25) is 0 Å². The first-order valence-corrected chi connectivity index (χ1v) is 6.67. The molecule has 1 saturated heterocycles. The van der Waals surface area contributed by atoms with E-state index in [0.717, 1.165) is 0 Å². The monoisotopic (exact) mass is 308 g/mol. The van der Waals surface area contributed by atoms with Gasteiger partial charge in [-0.3, -0.25) is 0 Å². The summed E-state index contributed by atoms with van der Waals surface area (Å²) >= 11 is 0. The lowest BCUT2D eigenvalue weighted by Crippen LogP contribution is -2.61. The number of aliphatic hydroxyl groups excluding tert-OH is 1. The molecule has 1 aliphatic rings. The summed E-state index contributed by atoms with van der Waals surface area (Å²) in [5.41, 5.74) is 0. The zero-order chi connectivity index (χ0) is 16.4. The lowest BCUT2D eigenvalue weighted by atomic mass is 9.98. The Labute approximate surface area is 131 Å². The van der Waals surface area contributed by atoms with E-state index in [0.29, 0.717) is 0 Å². The van der Waals surface area contributed by atoms with Crippen molar-refractivity contribution in [2.24, 2.45) is 0 Å². The molecule has 1 heterocycles. The van der Waals surface area contributed by atoms with Gasteiger partial charge in [0, 0.05) is 7.11 Å². The summed E-state index contributed by atoms with van der Waals surface area (Å²) in [4.78, 5) is 0. The van der Waals surface area contributed by atoms with Crippen molar-refractivity contribution in [3.05, 3.63) is 0 Å². The van der Waals surface area contributed by atoms with Gasteiger partial charge in [0.1, 0.15) is 44.2 Å². The first-order chi connectivity index (χ1) is 10.7. The molecule has 1 fully saturated rings. The fourth-order valence-electron chi connectivity index (χ4n) is 2.20. The second-order valence-corrected chi connectivity index (χ2v) is 4.46. The van der Waals surface area contributed by atoms with Gasteiger partial charge in [0.05, 0.1) is 6.61 Å². The van der Waals surface area contributed by atoms with Crippen molar-refractivity contribution in [2.75, 3.05) is 33.5 Å². The zero-order valence-corrected chi connectivity index (χ0v) is 12.4. The average molecular weight is 308 g/mol. The van der Waals surface area contributed by atoms with Crippen molar-refractivity contribution in [2.45, 2.75) is 30.7 Å². The lowest BCUT2D eigenvalue weighted by molar-refractivity contribution is -0.306. The lowest BCUT2D eigenvalue weighted by Gasteiger charge is -2.43. The number of aliphatic hydroxyl groups is 1. The fraction of sp³-hybridized carbons (Fsp3) is 0.625. The molecule has 0 amide bonds. The van der Waals surface area contributed by atoms with Gasteiger partial charge in [-0.15, -0.1) is 19.3 Å². The SMILES string of the molecule is C#CCO[C@@H]1[C@H](OCC#C)[C@@H](O)O[C@H](COC)[C@H]1OCC#C. The number of hydrogen-bond donors (Lipinski definition) is 1. The number of rotatable bonds is 8. The van der Waals surface area contributed by atoms with Crippen molar-refractivity contribution in [3.63, 3.8) is 0 Å². The van der Waals surface area contributed by atoms with Crippen LogP contribution in [0.5, 0.6) is 0 Å². The van der Waals surface area contributed by atoms with Gasteiger partial charge in [-0.05, 0) is 0 Å². The van der Waals surface area contributed by atoms with Gasteiger partial charge in [0.15, 0.2) is 6.29 Å². The topological polar surface area (TPSA) is 66.4 Å². The van der Waals surface area contributed by atoms with Crippen molar-refractivity contribution in [1.82, 2.24) is 0 Å². The van der Waals surface area contributed by atoms with Gasteiger partial charge in [-0.2, -0.15) is 0 Å². The molecule has 120 valence electrons. The first-order valence-electron chi connectivity index (χ1n) is 6.67. The Morgan fingerprint density at radius 1 is 0.909 bits per heavy atom. The van der Waals surface area contributed by atoms with Crippen LogP contribution in [0.15, 0.2) is 0 Å². The smallest absolute Gasteiger partial charge is 0.184 e. The normalized spacial score (nSPS) is 31.0. The van der Waals surface area contributed by atoms with Crippen LogP contribution in [0.25, 0.3) is 0 Å². The molecule has 0 spiro atoms. The predicted octanol–water partition coefficient (Wildman–Crippen LogP) is -0.595. The molecule has 0 aromatic heterocycles. The quantitative estimate of drug-likeness (QED) is 0.604.